The van der Waals surface area contributed by atoms with Crippen molar-refractivity contribution in [2.75, 3.05) is 14.7 Å². The third kappa shape index (κ3) is 6.69. The van der Waals surface area contributed by atoms with Crippen LogP contribution in [0.3, 0.4) is 0 Å². The van der Waals surface area contributed by atoms with Gasteiger partial charge in [0.15, 0.2) is 5.78 Å². The van der Waals surface area contributed by atoms with E-state index in [-0.39, 0.29) is 45.7 Å². The number of anilines is 6. The van der Waals surface area contributed by atoms with E-state index in [1.807, 2.05) is 84.9 Å². The van der Waals surface area contributed by atoms with Crippen molar-refractivity contribution < 1.29 is 30.3 Å². The second-order valence-corrected chi connectivity index (χ2v) is 22.2. The van der Waals surface area contributed by atoms with Gasteiger partial charge in [-0.15, -0.1) is 0 Å². The van der Waals surface area contributed by atoms with Gasteiger partial charge in [0.05, 0.1) is 22.4 Å². The third-order valence-corrected chi connectivity index (χ3v) is 16.8. The minimum atomic E-state index is -0.596. The molecule has 8 aromatic carbocycles. The Balaban J connectivity index is 1.06. The highest BCUT2D eigenvalue weighted by molar-refractivity contribution is 6.52. The van der Waals surface area contributed by atoms with Crippen molar-refractivity contribution in [1.82, 2.24) is 4.58 Å². The van der Waals surface area contributed by atoms with Crippen molar-refractivity contribution in [3.63, 3.8) is 0 Å². The molecule has 0 saturated heterocycles. The molecule has 370 valence electrons. The first-order valence-corrected chi connectivity index (χ1v) is 26.1. The second kappa shape index (κ2) is 16.6. The highest BCUT2D eigenvalue weighted by Gasteiger charge is 2.56. The summed E-state index contributed by atoms with van der Waals surface area (Å²) < 4.78 is 2.41. The summed E-state index contributed by atoms with van der Waals surface area (Å²) in [6, 6.07) is 49.8. The van der Waals surface area contributed by atoms with Gasteiger partial charge in [-0.05, 0) is 180 Å². The SMILES string of the molecule is CC1CC(C)CC2(C1)N(c1ccc(O)cc1)c1cccc3c(C4=C([O-])/C(=c5/ccc6c7c(cccc57)N(c5ccc(O)cc5)C5(CC(C)CC(C)C5)[N+]=6c5ccc(O)cc5)C4=O)ccc(c13)N2c1ccc(O)cc1. The summed E-state index contributed by atoms with van der Waals surface area (Å²) in [4.78, 5) is 22.5. The molecule has 0 bridgehead atoms. The lowest BCUT2D eigenvalue weighted by Gasteiger charge is -2.59. The molecule has 4 N–H and O–H groups in total. The number of Topliss-reactive ketones (excluding diaryl/α,β-unsaturated/α-hetero) is 1. The number of rotatable bonds is 5. The number of carbonyl (C=O) groups is 1. The molecule has 5 aliphatic rings. The van der Waals surface area contributed by atoms with Crippen molar-refractivity contribution in [2.24, 2.45) is 23.7 Å². The lowest BCUT2D eigenvalue weighted by Crippen LogP contribution is -2.64. The quantitative estimate of drug-likeness (QED) is 0.124. The average molecular weight is 979 g/mol. The van der Waals surface area contributed by atoms with Gasteiger partial charge >= 0.3 is 0 Å². The molecule has 0 radical (unpaired) electrons. The fourth-order valence-corrected chi connectivity index (χ4v) is 14.7. The third-order valence-electron chi connectivity index (χ3n) is 16.8. The number of ketones is 1. The van der Waals surface area contributed by atoms with E-state index >= 15 is 9.90 Å². The van der Waals surface area contributed by atoms with Gasteiger partial charge in [-0.2, -0.15) is 4.58 Å². The molecule has 4 unspecified atom stereocenters. The van der Waals surface area contributed by atoms with Crippen LogP contribution in [-0.2, 0) is 4.79 Å². The highest BCUT2D eigenvalue weighted by atomic mass is 16.3. The van der Waals surface area contributed by atoms with Crippen LogP contribution in [0.2, 0.25) is 0 Å². The zero-order valence-corrected chi connectivity index (χ0v) is 42.0. The number of hydrogen-bond donors (Lipinski definition) is 4. The zero-order chi connectivity index (χ0) is 50.9. The van der Waals surface area contributed by atoms with Gasteiger partial charge in [0.1, 0.15) is 28.7 Å². The van der Waals surface area contributed by atoms with Crippen molar-refractivity contribution >= 4 is 78.3 Å². The maximum absolute atomic E-state index is 15.2. The Morgan fingerprint density at radius 2 is 0.946 bits per heavy atom. The minimum Gasteiger partial charge on any atom is -0.871 e. The Kier molecular flexibility index (Phi) is 10.3. The molecule has 2 saturated carbocycles. The lowest BCUT2D eigenvalue weighted by molar-refractivity contribution is -0.292. The van der Waals surface area contributed by atoms with Crippen LogP contribution in [0.25, 0.3) is 32.7 Å². The van der Waals surface area contributed by atoms with Crippen LogP contribution in [-0.4, -0.2) is 37.5 Å². The Hall–Kier alpha value is -8.24. The fourth-order valence-electron chi connectivity index (χ4n) is 14.7. The summed E-state index contributed by atoms with van der Waals surface area (Å²) in [5.41, 5.74) is 6.16. The Morgan fingerprint density at radius 3 is 1.47 bits per heavy atom. The summed E-state index contributed by atoms with van der Waals surface area (Å²) in [5.74, 6) is 1.55. The monoisotopic (exact) mass is 978 g/mol. The van der Waals surface area contributed by atoms with E-state index in [4.69, 9.17) is 0 Å². The molecule has 2 heterocycles. The first-order chi connectivity index (χ1) is 35.7. The summed E-state index contributed by atoms with van der Waals surface area (Å²) >= 11 is 0. The molecule has 74 heavy (non-hydrogen) atoms. The van der Waals surface area contributed by atoms with Crippen LogP contribution < -0.4 is 35.0 Å². The molecule has 2 spiro atoms. The molecule has 2 aliphatic heterocycles. The van der Waals surface area contributed by atoms with Gasteiger partial charge in [-0.25, -0.2) is 0 Å². The van der Waals surface area contributed by atoms with E-state index in [1.165, 1.54) is 0 Å². The van der Waals surface area contributed by atoms with E-state index in [9.17, 15) is 20.4 Å². The van der Waals surface area contributed by atoms with Gasteiger partial charge in [-0.1, -0.05) is 63.8 Å². The molecule has 2 fully saturated rings. The Morgan fingerprint density at radius 1 is 0.486 bits per heavy atom. The number of nitrogens with zero attached hydrogens (tertiary/aromatic N) is 4. The molecular formula is C64H58N4O6. The molecule has 13 rings (SSSR count). The highest BCUT2D eigenvalue weighted by Crippen LogP contribution is 2.59. The molecule has 4 atom stereocenters. The number of hydrogen-bond acceptors (Lipinski definition) is 9. The number of allylic oxidation sites excluding steroid dienone is 2. The van der Waals surface area contributed by atoms with Crippen molar-refractivity contribution in [1.29, 1.82) is 0 Å². The average Bonchev–Trinajstić information content (AvgIpc) is 3.38. The van der Waals surface area contributed by atoms with Crippen LogP contribution in [0.15, 0.2) is 163 Å². The van der Waals surface area contributed by atoms with E-state index in [1.54, 1.807) is 48.5 Å². The number of phenolic OH excluding ortho intramolecular Hbond substituents is 4. The smallest absolute Gasteiger partial charge is 0.249 e. The Labute approximate surface area is 429 Å². The second-order valence-electron chi connectivity index (χ2n) is 22.2. The standard InChI is InChI=1S/C64H58N4O6/c1-37-31-38(2)34-63(33-37)65(41-11-19-45(69)20-12-41)53-9-5-7-49-51(27-29-55(57(49)53)67(63)43-15-23-47(71)24-16-43)59-61(73)60(62(59)74)52-28-30-56-58-50(52)8-6-10-54(58)66(42-13-21-46(70)22-14-42)64(35-39(3)32-40(4)36-64)68(56)44-17-25-48(72)26-18-44/h5-30,37-40H,31-36H2,1-4H3,(H4-,69,70,71,72,73,74). The molecule has 8 aromatic rings. The van der Waals surface area contributed by atoms with Crippen LogP contribution in [0.4, 0.5) is 39.8 Å². The zero-order valence-electron chi connectivity index (χ0n) is 42.0. The Bertz CT molecular complexity index is 3710. The van der Waals surface area contributed by atoms with Gasteiger partial charge in [0, 0.05) is 64.6 Å². The summed E-state index contributed by atoms with van der Waals surface area (Å²) in [5, 5.41) is 62.3. The van der Waals surface area contributed by atoms with Crippen LogP contribution in [0.5, 0.6) is 23.0 Å². The topological polar surface area (TPSA) is 134 Å². The van der Waals surface area contributed by atoms with Gasteiger partial charge in [0.2, 0.25) is 16.7 Å². The fraction of sp³-hybridized carbons (Fsp3) is 0.250. The van der Waals surface area contributed by atoms with Crippen LogP contribution in [0.1, 0.15) is 71.8 Å². The largest absolute Gasteiger partial charge is 0.871 e. The van der Waals surface area contributed by atoms with Crippen molar-refractivity contribution in [3.8, 4) is 23.0 Å². The molecule has 10 heteroatoms. The first kappa shape index (κ1) is 45.6. The van der Waals surface area contributed by atoms with Gasteiger partial charge in [0.25, 0.3) is 0 Å². The summed E-state index contributed by atoms with van der Waals surface area (Å²) in [6.45, 7) is 9.26. The van der Waals surface area contributed by atoms with Crippen molar-refractivity contribution in [2.45, 2.75) is 77.5 Å². The number of aromatic hydroxyl groups is 4. The minimum absolute atomic E-state index is 0.150. The molecule has 0 aromatic heterocycles. The summed E-state index contributed by atoms with van der Waals surface area (Å²) in [6.07, 6.45) is 5.48. The van der Waals surface area contributed by atoms with E-state index in [0.29, 0.717) is 34.5 Å². The summed E-state index contributed by atoms with van der Waals surface area (Å²) in [7, 11) is 0. The predicted octanol–water partition coefficient (Wildman–Crippen LogP) is 11.9. The van der Waals surface area contributed by atoms with E-state index in [2.05, 4.69) is 71.2 Å². The number of carbonyl (C=O) groups excluding carboxylic acids is 1. The number of phenols is 4. The first-order valence-electron chi connectivity index (χ1n) is 26.1. The lowest BCUT2D eigenvalue weighted by atomic mass is 9.72. The maximum atomic E-state index is 15.2. The van der Waals surface area contributed by atoms with Crippen LogP contribution >= 0.6 is 0 Å². The molecule has 10 nitrogen and oxygen atoms in total. The molecular weight excluding hydrogens is 921 g/mol. The number of benzene rings is 8. The molecule has 3 aliphatic carbocycles. The van der Waals surface area contributed by atoms with E-state index in [0.717, 1.165) is 105 Å². The van der Waals surface area contributed by atoms with Gasteiger partial charge in [-0.3, -0.25) is 9.69 Å². The molecule has 0 amide bonds. The van der Waals surface area contributed by atoms with Crippen molar-refractivity contribution in [3.05, 3.63) is 180 Å². The normalized spacial score (nSPS) is 25.1. The predicted molar refractivity (Wildman–Crippen MR) is 292 cm³/mol. The van der Waals surface area contributed by atoms with E-state index < -0.39 is 11.3 Å². The van der Waals surface area contributed by atoms with Crippen LogP contribution in [0, 0.1) is 23.7 Å². The van der Waals surface area contributed by atoms with Gasteiger partial charge < -0.3 is 35.3 Å². The maximum Gasteiger partial charge on any atom is 0.249 e.